The van der Waals surface area contributed by atoms with Crippen LogP contribution in [0.4, 0.5) is 0 Å². The van der Waals surface area contributed by atoms with Gasteiger partial charge in [0.2, 0.25) is 0 Å². The molecule has 0 heterocycles. The van der Waals surface area contributed by atoms with Crippen LogP contribution in [0.3, 0.4) is 0 Å². The fourth-order valence-corrected chi connectivity index (χ4v) is 2.10. The van der Waals surface area contributed by atoms with Gasteiger partial charge >= 0.3 is 0 Å². The summed E-state index contributed by atoms with van der Waals surface area (Å²) < 4.78 is 0. The molecular weight excluding hydrogens is 310 g/mol. The largest absolute Gasteiger partial charge is 0.357 e. The number of nitrogens with one attached hydrogen (secondary N) is 2. The van der Waals surface area contributed by atoms with Crippen molar-refractivity contribution < 1.29 is 19.6 Å². The third kappa shape index (κ3) is 4.12. The maximum Gasteiger partial charge on any atom is 0.275 e. The summed E-state index contributed by atoms with van der Waals surface area (Å²) in [4.78, 5) is 36.9. The molecule has 2 rings (SSSR count). The molecule has 1 aliphatic carbocycles. The van der Waals surface area contributed by atoms with Gasteiger partial charge in [0.1, 0.15) is 0 Å². The lowest BCUT2D eigenvalue weighted by Crippen LogP contribution is -2.54. The monoisotopic (exact) mass is 329 g/mol. The maximum atomic E-state index is 12.5. The summed E-state index contributed by atoms with van der Waals surface area (Å²) in [6.07, 6.45) is 2.28. The molecule has 1 aromatic carbocycles. The zero-order chi connectivity index (χ0) is 17.7. The molecule has 1 fully saturated rings. The van der Waals surface area contributed by atoms with Crippen molar-refractivity contribution >= 4 is 17.7 Å². The van der Waals surface area contributed by atoms with E-state index in [1.807, 2.05) is 0 Å². The van der Waals surface area contributed by atoms with E-state index < -0.39 is 23.8 Å². The van der Waals surface area contributed by atoms with Crippen LogP contribution >= 0.6 is 0 Å². The lowest BCUT2D eigenvalue weighted by molar-refractivity contribution is -0.140. The second-order valence-electron chi connectivity index (χ2n) is 5.53. The van der Waals surface area contributed by atoms with Gasteiger partial charge < -0.3 is 10.2 Å². The van der Waals surface area contributed by atoms with Gasteiger partial charge in [-0.2, -0.15) is 0 Å². The molecule has 7 heteroatoms. The zero-order valence-corrected chi connectivity index (χ0v) is 13.5. The van der Waals surface area contributed by atoms with E-state index in [9.17, 15) is 14.4 Å². The molecule has 3 N–H and O–H groups in total. The SMILES string of the molecule is CNC(=O)C(C(=O)NO)N(C)C(=O)c1ccc(C#CC2CC2)cc1. The molecule has 0 radical (unpaired) electrons. The molecule has 1 aliphatic rings. The second kappa shape index (κ2) is 7.62. The van der Waals surface area contributed by atoms with Crippen LogP contribution in [0.25, 0.3) is 0 Å². The molecule has 0 aromatic heterocycles. The molecule has 126 valence electrons. The van der Waals surface area contributed by atoms with Crippen LogP contribution in [-0.4, -0.2) is 48.0 Å². The molecule has 3 amide bonds. The minimum atomic E-state index is -1.47. The lowest BCUT2D eigenvalue weighted by Gasteiger charge is -2.25. The Kier molecular flexibility index (Phi) is 5.55. The number of nitrogens with zero attached hydrogens (tertiary/aromatic N) is 1. The molecule has 1 unspecified atom stereocenters. The summed E-state index contributed by atoms with van der Waals surface area (Å²) in [7, 11) is 2.66. The summed E-state index contributed by atoms with van der Waals surface area (Å²) >= 11 is 0. The lowest BCUT2D eigenvalue weighted by atomic mass is 10.1. The topological polar surface area (TPSA) is 98.7 Å². The van der Waals surface area contributed by atoms with Crippen molar-refractivity contribution in [3.05, 3.63) is 35.4 Å². The number of hydrogen-bond acceptors (Lipinski definition) is 4. The first-order chi connectivity index (χ1) is 11.5. The van der Waals surface area contributed by atoms with E-state index in [2.05, 4.69) is 17.2 Å². The van der Waals surface area contributed by atoms with E-state index in [0.717, 1.165) is 23.3 Å². The van der Waals surface area contributed by atoms with Gasteiger partial charge in [-0.3, -0.25) is 19.6 Å². The Morgan fingerprint density at radius 2 is 1.83 bits per heavy atom. The van der Waals surface area contributed by atoms with Crippen LogP contribution in [0.15, 0.2) is 24.3 Å². The average Bonchev–Trinajstić information content (AvgIpc) is 3.43. The number of hydrogen-bond donors (Lipinski definition) is 3. The van der Waals surface area contributed by atoms with Gasteiger partial charge in [0.05, 0.1) is 0 Å². The van der Waals surface area contributed by atoms with Gasteiger partial charge in [-0.15, -0.1) is 0 Å². The van der Waals surface area contributed by atoms with E-state index in [0.29, 0.717) is 11.5 Å². The summed E-state index contributed by atoms with van der Waals surface area (Å²) in [5.74, 6) is 4.45. The Morgan fingerprint density at radius 3 is 2.33 bits per heavy atom. The highest BCUT2D eigenvalue weighted by molar-refractivity contribution is 6.08. The van der Waals surface area contributed by atoms with Crippen molar-refractivity contribution in [3.63, 3.8) is 0 Å². The van der Waals surface area contributed by atoms with E-state index in [1.165, 1.54) is 19.6 Å². The van der Waals surface area contributed by atoms with Gasteiger partial charge in [-0.05, 0) is 37.1 Å². The first kappa shape index (κ1) is 17.5. The molecular formula is C17H19N3O4. The third-order valence-corrected chi connectivity index (χ3v) is 3.69. The first-order valence-electron chi connectivity index (χ1n) is 7.52. The Balaban J connectivity index is 2.14. The Bertz CT molecular complexity index is 683. The van der Waals surface area contributed by atoms with Crippen molar-refractivity contribution in [2.24, 2.45) is 5.92 Å². The maximum absolute atomic E-state index is 12.5. The van der Waals surface area contributed by atoms with Gasteiger partial charge in [0.25, 0.3) is 17.7 Å². The highest BCUT2D eigenvalue weighted by Crippen LogP contribution is 2.27. The molecule has 1 atom stereocenters. The van der Waals surface area contributed by atoms with Crippen molar-refractivity contribution in [1.29, 1.82) is 0 Å². The highest BCUT2D eigenvalue weighted by Gasteiger charge is 2.33. The number of hydroxylamine groups is 1. The molecule has 0 bridgehead atoms. The predicted molar refractivity (Wildman–Crippen MR) is 85.9 cm³/mol. The number of rotatable bonds is 4. The normalized spacial score (nSPS) is 14.0. The molecule has 1 aromatic rings. The number of amides is 3. The number of likely N-dealkylation sites (N-methyl/N-ethyl adjacent to an activating group) is 2. The Morgan fingerprint density at radius 1 is 1.21 bits per heavy atom. The smallest absolute Gasteiger partial charge is 0.275 e. The molecule has 0 spiro atoms. The molecule has 7 nitrogen and oxygen atoms in total. The van der Waals surface area contributed by atoms with Crippen LogP contribution in [0.5, 0.6) is 0 Å². The predicted octanol–water partition coefficient (Wildman–Crippen LogP) is 0.140. The van der Waals surface area contributed by atoms with Crippen LogP contribution < -0.4 is 10.8 Å². The van der Waals surface area contributed by atoms with Gasteiger partial charge in [0, 0.05) is 31.1 Å². The Hall–Kier alpha value is -2.85. The van der Waals surface area contributed by atoms with Crippen LogP contribution in [-0.2, 0) is 9.59 Å². The second-order valence-corrected chi connectivity index (χ2v) is 5.53. The zero-order valence-electron chi connectivity index (χ0n) is 13.5. The molecule has 1 saturated carbocycles. The first-order valence-corrected chi connectivity index (χ1v) is 7.52. The number of carbonyl (C=O) groups excluding carboxylic acids is 3. The highest BCUT2D eigenvalue weighted by atomic mass is 16.5. The van der Waals surface area contributed by atoms with Crippen LogP contribution in [0.2, 0.25) is 0 Å². The van der Waals surface area contributed by atoms with E-state index in [1.54, 1.807) is 24.3 Å². The summed E-state index contributed by atoms with van der Waals surface area (Å²) in [6, 6.07) is 5.15. The van der Waals surface area contributed by atoms with Crippen LogP contribution in [0.1, 0.15) is 28.8 Å². The molecule has 0 aliphatic heterocycles. The fourth-order valence-electron chi connectivity index (χ4n) is 2.10. The quantitative estimate of drug-likeness (QED) is 0.317. The van der Waals surface area contributed by atoms with Gasteiger partial charge in [-0.25, -0.2) is 5.48 Å². The Labute approximate surface area is 140 Å². The van der Waals surface area contributed by atoms with E-state index in [4.69, 9.17) is 5.21 Å². The summed E-state index contributed by atoms with van der Waals surface area (Å²) in [6.45, 7) is 0. The van der Waals surface area contributed by atoms with E-state index >= 15 is 0 Å². The van der Waals surface area contributed by atoms with E-state index in [-0.39, 0.29) is 0 Å². The summed E-state index contributed by atoms with van der Waals surface area (Å²) in [5, 5.41) is 11.1. The van der Waals surface area contributed by atoms with Gasteiger partial charge in [-0.1, -0.05) is 11.8 Å². The molecule has 24 heavy (non-hydrogen) atoms. The average molecular weight is 329 g/mol. The third-order valence-electron chi connectivity index (χ3n) is 3.69. The standard InChI is InChI=1S/C17H19N3O4/c1-18-15(21)14(16(22)19-24)20(2)17(23)13-9-7-12(8-10-13)6-5-11-3-4-11/h7-11,14,24H,3-4H2,1-2H3,(H,18,21)(H,19,22). The molecule has 0 saturated heterocycles. The van der Waals surface area contributed by atoms with Gasteiger partial charge in [0.15, 0.2) is 6.04 Å². The van der Waals surface area contributed by atoms with Crippen molar-refractivity contribution in [1.82, 2.24) is 15.7 Å². The van der Waals surface area contributed by atoms with Crippen molar-refractivity contribution in [3.8, 4) is 11.8 Å². The van der Waals surface area contributed by atoms with Crippen LogP contribution in [0, 0.1) is 17.8 Å². The number of carbonyl (C=O) groups is 3. The minimum absolute atomic E-state index is 0.314. The minimum Gasteiger partial charge on any atom is -0.357 e. The summed E-state index contributed by atoms with van der Waals surface area (Å²) in [5.41, 5.74) is 2.51. The number of benzene rings is 1. The van der Waals surface area contributed by atoms with Crippen molar-refractivity contribution in [2.75, 3.05) is 14.1 Å². The fraction of sp³-hybridized carbons (Fsp3) is 0.353. The van der Waals surface area contributed by atoms with Crippen molar-refractivity contribution in [2.45, 2.75) is 18.9 Å².